The number of pyridine rings is 6. The topological polar surface area (TPSA) is 377 Å². The van der Waals surface area contributed by atoms with Crippen LogP contribution in [0.25, 0.3) is 0 Å². The number of aldehydes is 3. The number of carbonyl (C=O) groups excluding carboxylic acids is 9. The molecule has 3 saturated carbocycles. The lowest BCUT2D eigenvalue weighted by Gasteiger charge is -2.32. The van der Waals surface area contributed by atoms with E-state index in [0.717, 1.165) is 82.1 Å². The molecule has 9 heterocycles. The standard InChI is InChI=1S/C27H33N7O4.C26H29F2N7O3.C26H31N7O3/c1-32-8-9-34(26(36)16-32)15-19-5-7-25(30-23(19)17-35)33(2)27(37)31-24-12-20(21(13-28)14-29-24)10-18-4-6-22(11-18)38-3;1-33-7-8-35(24(37)15-33)14-18-3-4-23(31-21(18)16-36)34(2)25(38)32-22-10-19(20(12-29)13-30-22)9-17-5-6-26(27,28)11-17;1-31-10-4-5-22(31)25(35)32(2)15-18-8-9-24(29-21(18)16-34)33(3)26(36)30-23-12-19(11-17-6-7-17)20(13-27)14-28-23/h5,7,12,14,17-18,22H,4,6,8-11,15-16H2,1-3H3,(H,29,31,37);3-4,10,13,16-17H,5-9,11,14-15H2,1-2H3,(H,30,32,38);8-9,12,14,16-17,22H,4-7,10-11,15H2,1-3H3,(H,28,30,36). The van der Waals surface area contributed by atoms with Gasteiger partial charge in [-0.05, 0) is 169 Å². The van der Waals surface area contributed by atoms with Crippen LogP contribution in [0.1, 0.15) is 146 Å². The number of likely N-dealkylation sites (tertiary alicyclic amines) is 1. The monoisotopic (exact) mass is 1530 g/mol. The number of alkyl halides is 2. The van der Waals surface area contributed by atoms with Crippen molar-refractivity contribution in [1.82, 2.24) is 59.3 Å². The Labute approximate surface area is 648 Å². The Morgan fingerprint density at radius 3 is 1.33 bits per heavy atom. The van der Waals surface area contributed by atoms with E-state index in [1.54, 1.807) is 91.5 Å². The maximum absolute atomic E-state index is 13.6. The van der Waals surface area contributed by atoms with Gasteiger partial charge in [0.2, 0.25) is 23.6 Å². The first-order valence-corrected chi connectivity index (χ1v) is 37.1. The highest BCUT2D eigenvalue weighted by Gasteiger charge is 2.40. The first-order chi connectivity index (χ1) is 53.7. The van der Waals surface area contributed by atoms with Gasteiger partial charge in [-0.25, -0.2) is 53.1 Å². The first-order valence-electron chi connectivity index (χ1n) is 37.1. The molecule has 33 heteroatoms. The molecule has 3 saturated heterocycles. The number of aromatic nitrogens is 6. The Bertz CT molecular complexity index is 4640. The third kappa shape index (κ3) is 21.7. The number of rotatable bonds is 23. The number of urea groups is 3. The van der Waals surface area contributed by atoms with Gasteiger partial charge in [0.1, 0.15) is 70.2 Å². The first kappa shape index (κ1) is 82.8. The van der Waals surface area contributed by atoms with Crippen LogP contribution in [0.5, 0.6) is 0 Å². The van der Waals surface area contributed by atoms with Gasteiger partial charge < -0.3 is 19.4 Å². The third-order valence-corrected chi connectivity index (χ3v) is 21.2. The Balaban J connectivity index is 0.000000178. The summed E-state index contributed by atoms with van der Waals surface area (Å²) in [5, 5.41) is 36.4. The van der Waals surface area contributed by atoms with Gasteiger partial charge in [0.05, 0.1) is 41.9 Å². The molecule has 6 fully saturated rings. The zero-order chi connectivity index (χ0) is 80.5. The smallest absolute Gasteiger partial charge is 0.328 e. The van der Waals surface area contributed by atoms with E-state index in [0.29, 0.717) is 121 Å². The normalized spacial score (nSPS) is 18.8. The number of nitrogens with one attached hydrogen (secondary N) is 3. The van der Waals surface area contributed by atoms with E-state index >= 15 is 0 Å². The van der Waals surface area contributed by atoms with Crippen LogP contribution in [-0.4, -0.2) is 234 Å². The minimum Gasteiger partial charge on any atom is -0.381 e. The summed E-state index contributed by atoms with van der Waals surface area (Å²) < 4.78 is 32.7. The molecule has 6 aromatic heterocycles. The number of hydrogen-bond donors (Lipinski definition) is 3. The second-order valence-corrected chi connectivity index (χ2v) is 29.5. The number of hydrogen-bond acceptors (Lipinski definition) is 22. The molecule has 6 aliphatic rings. The third-order valence-electron chi connectivity index (χ3n) is 21.2. The van der Waals surface area contributed by atoms with Crippen molar-refractivity contribution in [2.24, 2.45) is 17.8 Å². The van der Waals surface area contributed by atoms with Crippen molar-refractivity contribution in [3.63, 3.8) is 0 Å². The largest absolute Gasteiger partial charge is 0.381 e. The highest BCUT2D eigenvalue weighted by molar-refractivity contribution is 6.02. The van der Waals surface area contributed by atoms with Crippen LogP contribution < -0.4 is 30.7 Å². The number of piperazine rings is 2. The SMILES string of the molecule is CN(Cc1ccc(N(C)C(=O)Nc2cc(CC3CC3)c(C#N)cn2)nc1C=O)C(=O)C1CCCN1C.CN1CCN(Cc2ccc(N(C)C(=O)Nc3cc(CC4CCC(F)(F)C4)c(C#N)cn3)nc2C=O)C(=O)C1.COC1CCC(Cc2cc(NC(=O)N(C)c3ccc(CN4CCN(C)CC4=O)c(C=O)n3)ncc2C#N)C1. The minimum absolute atomic E-state index is 0.00287. The van der Waals surface area contributed by atoms with Gasteiger partial charge >= 0.3 is 18.1 Å². The van der Waals surface area contributed by atoms with Crippen molar-refractivity contribution in [3.05, 3.63) is 140 Å². The number of nitriles is 3. The second kappa shape index (κ2) is 37.8. The lowest BCUT2D eigenvalue weighted by Crippen LogP contribution is -2.48. The number of amides is 9. The molecule has 31 nitrogen and oxygen atoms in total. The number of anilines is 6. The summed E-state index contributed by atoms with van der Waals surface area (Å²) in [5.41, 5.74) is 5.83. The zero-order valence-electron chi connectivity index (χ0n) is 64.2. The molecule has 3 aliphatic heterocycles. The van der Waals surface area contributed by atoms with E-state index in [1.807, 2.05) is 41.9 Å². The van der Waals surface area contributed by atoms with Crippen LogP contribution in [0, 0.1) is 51.7 Å². The van der Waals surface area contributed by atoms with Crippen molar-refractivity contribution in [3.8, 4) is 18.2 Å². The minimum atomic E-state index is -2.69. The van der Waals surface area contributed by atoms with Gasteiger partial charge in [-0.3, -0.25) is 74.1 Å². The number of nitrogens with zero attached hydrogens (tertiary/aromatic N) is 18. The van der Waals surface area contributed by atoms with Gasteiger partial charge in [-0.15, -0.1) is 0 Å². The van der Waals surface area contributed by atoms with Crippen LogP contribution in [0.2, 0.25) is 0 Å². The van der Waals surface area contributed by atoms with E-state index in [4.69, 9.17) is 4.74 Å². The van der Waals surface area contributed by atoms with Crippen molar-refractivity contribution in [1.29, 1.82) is 15.8 Å². The summed E-state index contributed by atoms with van der Waals surface area (Å²) >= 11 is 0. The number of methoxy groups -OCH3 is 1. The lowest BCUT2D eigenvalue weighted by molar-refractivity contribution is -0.136. The molecule has 3 aliphatic carbocycles. The van der Waals surface area contributed by atoms with E-state index in [9.17, 15) is 67.7 Å². The van der Waals surface area contributed by atoms with Crippen molar-refractivity contribution in [2.75, 3.05) is 133 Å². The molecule has 12 rings (SSSR count). The van der Waals surface area contributed by atoms with Crippen molar-refractivity contribution < 1.29 is 56.7 Å². The molecule has 588 valence electrons. The van der Waals surface area contributed by atoms with E-state index in [2.05, 4.69) is 58.0 Å². The summed E-state index contributed by atoms with van der Waals surface area (Å²) in [5.74, 6) is -0.338. The predicted octanol–water partition coefficient (Wildman–Crippen LogP) is 8.38. The molecule has 9 amide bonds. The Hall–Kier alpha value is -11.7. The molecule has 0 spiro atoms. The average molecular weight is 1530 g/mol. The fraction of sp³-hybridized carbons (Fsp3) is 0.468. The average Bonchev–Trinajstić information content (AvgIpc) is 1.03. The summed E-state index contributed by atoms with van der Waals surface area (Å²) in [4.78, 5) is 152. The predicted molar refractivity (Wildman–Crippen MR) is 410 cm³/mol. The molecular weight excluding hydrogens is 1440 g/mol. The van der Waals surface area contributed by atoms with Crippen LogP contribution in [0.15, 0.2) is 73.2 Å². The zero-order valence-corrected chi connectivity index (χ0v) is 64.2. The second-order valence-electron chi connectivity index (χ2n) is 29.5. The summed E-state index contributed by atoms with van der Waals surface area (Å²) in [6.45, 7) is 4.93. The fourth-order valence-electron chi connectivity index (χ4n) is 14.3. The number of ether oxygens (including phenoxy) is 1. The highest BCUT2D eigenvalue weighted by Crippen LogP contribution is 2.41. The fourth-order valence-corrected chi connectivity index (χ4v) is 14.3. The number of likely N-dealkylation sites (N-methyl/N-ethyl adjacent to an activating group) is 4. The maximum atomic E-state index is 13.6. The van der Waals surface area contributed by atoms with Crippen LogP contribution in [-0.2, 0) is 58.0 Å². The molecule has 0 radical (unpaired) electrons. The Morgan fingerprint density at radius 1 is 0.554 bits per heavy atom. The Kier molecular flexibility index (Phi) is 27.9. The molecule has 3 N–H and O–H groups in total. The van der Waals surface area contributed by atoms with Gasteiger partial charge in [0, 0.05) is 129 Å². The summed E-state index contributed by atoms with van der Waals surface area (Å²) in [6, 6.07) is 19.7. The van der Waals surface area contributed by atoms with Gasteiger partial charge in [0.15, 0.2) is 18.9 Å². The highest BCUT2D eigenvalue weighted by atomic mass is 19.3. The number of halogens is 2. The molecule has 0 aromatic carbocycles. The lowest BCUT2D eigenvalue weighted by atomic mass is 9.95. The van der Waals surface area contributed by atoms with E-state index in [1.165, 1.54) is 46.4 Å². The van der Waals surface area contributed by atoms with Gasteiger partial charge in [0.25, 0.3) is 0 Å². The summed E-state index contributed by atoms with van der Waals surface area (Å²) in [6.07, 6.45) is 15.3. The van der Waals surface area contributed by atoms with Crippen LogP contribution in [0.4, 0.5) is 58.1 Å². The molecule has 4 unspecified atom stereocenters. The van der Waals surface area contributed by atoms with Gasteiger partial charge in [-0.1, -0.05) is 18.2 Å². The van der Waals surface area contributed by atoms with Gasteiger partial charge in [-0.2, -0.15) is 15.8 Å². The quantitative estimate of drug-likeness (QED) is 0.0507. The van der Waals surface area contributed by atoms with E-state index in [-0.39, 0.29) is 114 Å². The van der Waals surface area contributed by atoms with Crippen molar-refractivity contribution in [2.45, 2.75) is 121 Å². The molecule has 6 aromatic rings. The van der Waals surface area contributed by atoms with Crippen LogP contribution >= 0.6 is 0 Å². The molecule has 0 bridgehead atoms. The summed E-state index contributed by atoms with van der Waals surface area (Å²) in [7, 11) is 13.7. The molecule has 112 heavy (non-hydrogen) atoms. The maximum Gasteiger partial charge on any atom is 0.328 e. The Morgan fingerprint density at radius 2 is 0.964 bits per heavy atom. The van der Waals surface area contributed by atoms with E-state index < -0.39 is 24.0 Å². The van der Waals surface area contributed by atoms with Crippen molar-refractivity contribution >= 4 is 89.6 Å². The molecule has 4 atom stereocenters. The number of carbonyl (C=O) groups is 9. The van der Waals surface area contributed by atoms with Crippen LogP contribution in [0.3, 0.4) is 0 Å². The molecular formula is C79H93F2N21O10.